The molecule has 1 aliphatic heterocycles. The van der Waals surface area contributed by atoms with Gasteiger partial charge in [-0.05, 0) is 19.9 Å². The fourth-order valence-electron chi connectivity index (χ4n) is 3.15. The van der Waals surface area contributed by atoms with Crippen molar-refractivity contribution in [3.8, 4) is 34.9 Å². The van der Waals surface area contributed by atoms with E-state index in [0.717, 1.165) is 0 Å². The summed E-state index contributed by atoms with van der Waals surface area (Å²) in [6.45, 7) is 3.51. The summed E-state index contributed by atoms with van der Waals surface area (Å²) in [7, 11) is 0. The van der Waals surface area contributed by atoms with Crippen molar-refractivity contribution in [3.05, 3.63) is 46.7 Å². The van der Waals surface area contributed by atoms with E-state index in [1.54, 1.807) is 4.57 Å². The fraction of sp³-hybridized carbons (Fsp3) is 0.250. The van der Waals surface area contributed by atoms with Gasteiger partial charge >= 0.3 is 5.95 Å². The van der Waals surface area contributed by atoms with Gasteiger partial charge in [0.25, 0.3) is 5.91 Å². The van der Waals surface area contributed by atoms with Crippen LogP contribution >= 0.6 is 0 Å². The van der Waals surface area contributed by atoms with Crippen LogP contribution in [0.5, 0.6) is 11.7 Å². The molecular weight excluding hydrogens is 395 g/mol. The number of benzene rings is 1. The highest BCUT2D eigenvalue weighted by molar-refractivity contribution is 5.91. The molecule has 0 radical (unpaired) electrons. The third-order valence-corrected chi connectivity index (χ3v) is 4.73. The number of amides is 1. The summed E-state index contributed by atoms with van der Waals surface area (Å²) in [5, 5.41) is 23.7. The summed E-state index contributed by atoms with van der Waals surface area (Å²) < 4.78 is 26.6. The monoisotopic (exact) mass is 412 g/mol. The Bertz CT molecular complexity index is 1230. The number of carbonyl (C=O) groups is 1. The van der Waals surface area contributed by atoms with E-state index in [-0.39, 0.29) is 34.9 Å². The quantitative estimate of drug-likeness (QED) is 0.542. The van der Waals surface area contributed by atoms with Crippen LogP contribution in [0.1, 0.15) is 34.2 Å². The first kappa shape index (κ1) is 19.5. The van der Waals surface area contributed by atoms with Crippen molar-refractivity contribution in [2.45, 2.75) is 26.0 Å². The van der Waals surface area contributed by atoms with Crippen LogP contribution in [0, 0.1) is 24.6 Å². The number of imidazole rings is 1. The van der Waals surface area contributed by atoms with Gasteiger partial charge in [0, 0.05) is 12.3 Å². The molecule has 1 unspecified atom stereocenters. The topological polar surface area (TPSA) is 137 Å². The van der Waals surface area contributed by atoms with E-state index in [1.165, 1.54) is 32.2 Å². The highest BCUT2D eigenvalue weighted by atomic mass is 19.1. The Morgan fingerprint density at radius 1 is 1.43 bits per heavy atom. The second kappa shape index (κ2) is 6.89. The number of nitrogens with zero attached hydrogens (tertiary/aromatic N) is 3. The molecule has 154 valence electrons. The summed E-state index contributed by atoms with van der Waals surface area (Å²) in [6.07, 6.45) is 1.51. The molecule has 9 nitrogen and oxygen atoms in total. The minimum Gasteiger partial charge on any atom is -0.491 e. The molecule has 0 saturated carbocycles. The fourth-order valence-corrected chi connectivity index (χ4v) is 3.15. The lowest BCUT2D eigenvalue weighted by Gasteiger charge is -2.13. The number of nitrogens with two attached hydrogens (primary N) is 1. The molecule has 1 aromatic carbocycles. The molecule has 2 aromatic heterocycles. The molecular formula is C20H17FN4O5. The molecule has 10 heteroatoms. The van der Waals surface area contributed by atoms with Gasteiger partial charge in [0.15, 0.2) is 5.60 Å². The standard InChI is InChI=1S/C20H17FN4O5/c1-10-16(24-30-19(10)27)20(2,28)4-3-11-7-12-15(8-13(11)21)29-6-5-25-9-14(17(22)26)23-18(12)25/h7-9,27-28H,5-6H2,1-2H3,(H2,22,26). The third kappa shape index (κ3) is 3.25. The van der Waals surface area contributed by atoms with Gasteiger partial charge in [-0.2, -0.15) is 0 Å². The van der Waals surface area contributed by atoms with Gasteiger partial charge in [-0.1, -0.05) is 17.0 Å². The molecule has 4 N–H and O–H groups in total. The zero-order valence-corrected chi connectivity index (χ0v) is 16.1. The summed E-state index contributed by atoms with van der Waals surface area (Å²) in [4.78, 5) is 15.7. The van der Waals surface area contributed by atoms with Crippen molar-refractivity contribution >= 4 is 5.91 Å². The molecule has 3 aromatic rings. The Kier molecular flexibility index (Phi) is 4.47. The summed E-state index contributed by atoms with van der Waals surface area (Å²) in [5.74, 6) is 4.02. The predicted octanol–water partition coefficient (Wildman–Crippen LogP) is 1.44. The van der Waals surface area contributed by atoms with Gasteiger partial charge < -0.3 is 29.8 Å². The minimum atomic E-state index is -1.80. The van der Waals surface area contributed by atoms with Gasteiger partial charge in [0.05, 0.1) is 23.2 Å². The summed E-state index contributed by atoms with van der Waals surface area (Å²) in [5.41, 5.74) is 4.25. The number of hydrogen-bond donors (Lipinski definition) is 3. The van der Waals surface area contributed by atoms with Gasteiger partial charge in [-0.25, -0.2) is 9.37 Å². The molecule has 0 spiro atoms. The largest absolute Gasteiger partial charge is 0.491 e. The molecule has 1 amide bonds. The number of halogens is 1. The number of hydrogen-bond acceptors (Lipinski definition) is 7. The van der Waals surface area contributed by atoms with E-state index in [2.05, 4.69) is 26.5 Å². The number of rotatable bonds is 2. The smallest absolute Gasteiger partial charge is 0.312 e. The molecule has 1 atom stereocenters. The van der Waals surface area contributed by atoms with E-state index in [4.69, 9.17) is 10.5 Å². The van der Waals surface area contributed by atoms with E-state index in [1.807, 2.05) is 0 Å². The average molecular weight is 412 g/mol. The first-order valence-corrected chi connectivity index (χ1v) is 8.92. The lowest BCUT2D eigenvalue weighted by Crippen LogP contribution is -2.20. The zero-order chi connectivity index (χ0) is 21.6. The van der Waals surface area contributed by atoms with Crippen LogP contribution in [-0.4, -0.2) is 37.4 Å². The van der Waals surface area contributed by atoms with Crippen LogP contribution < -0.4 is 10.5 Å². The molecule has 0 saturated heterocycles. The molecule has 3 heterocycles. The van der Waals surface area contributed by atoms with Crippen molar-refractivity contribution in [3.63, 3.8) is 0 Å². The number of fused-ring (bicyclic) bond motifs is 3. The molecule has 0 bridgehead atoms. The molecule has 0 aliphatic carbocycles. The van der Waals surface area contributed by atoms with Crippen LogP contribution in [0.15, 0.2) is 22.9 Å². The lowest BCUT2D eigenvalue weighted by atomic mass is 9.99. The summed E-state index contributed by atoms with van der Waals surface area (Å²) in [6, 6.07) is 2.60. The summed E-state index contributed by atoms with van der Waals surface area (Å²) >= 11 is 0. The van der Waals surface area contributed by atoms with Crippen molar-refractivity contribution in [1.29, 1.82) is 0 Å². The Balaban J connectivity index is 1.79. The third-order valence-electron chi connectivity index (χ3n) is 4.73. The van der Waals surface area contributed by atoms with Crippen LogP contribution in [0.4, 0.5) is 4.39 Å². The Morgan fingerprint density at radius 2 is 2.20 bits per heavy atom. The number of carbonyl (C=O) groups excluding carboxylic acids is 1. The highest BCUT2D eigenvalue weighted by Crippen LogP contribution is 2.34. The molecule has 30 heavy (non-hydrogen) atoms. The average Bonchev–Trinajstić information content (AvgIpc) is 3.21. The number of aromatic nitrogens is 3. The van der Waals surface area contributed by atoms with Gasteiger partial charge in [0.1, 0.15) is 35.4 Å². The Labute approximate surface area is 169 Å². The SMILES string of the molecule is Cc1c(C(C)(O)C#Cc2cc3c(cc2F)OCCn2cc(C(N)=O)nc2-3)noc1O. The minimum absolute atomic E-state index is 0.0210. The highest BCUT2D eigenvalue weighted by Gasteiger charge is 2.29. The number of ether oxygens (including phenoxy) is 1. The van der Waals surface area contributed by atoms with Crippen molar-refractivity contribution in [2.24, 2.45) is 5.73 Å². The van der Waals surface area contributed by atoms with Crippen LogP contribution in [0.25, 0.3) is 11.4 Å². The van der Waals surface area contributed by atoms with Crippen LogP contribution in [-0.2, 0) is 12.1 Å². The van der Waals surface area contributed by atoms with Crippen molar-refractivity contribution in [2.75, 3.05) is 6.61 Å². The maximum atomic E-state index is 14.6. The van der Waals surface area contributed by atoms with Gasteiger partial charge in [-0.15, -0.1) is 0 Å². The van der Waals surface area contributed by atoms with Crippen molar-refractivity contribution in [1.82, 2.24) is 14.7 Å². The first-order valence-electron chi connectivity index (χ1n) is 8.92. The van der Waals surface area contributed by atoms with Gasteiger partial charge in [0.2, 0.25) is 0 Å². The Hall–Kier alpha value is -3.84. The van der Waals surface area contributed by atoms with E-state index >= 15 is 0 Å². The normalized spacial score (nSPS) is 14.4. The van der Waals surface area contributed by atoms with Crippen molar-refractivity contribution < 1.29 is 28.7 Å². The van der Waals surface area contributed by atoms with Crippen LogP contribution in [0.2, 0.25) is 0 Å². The number of primary amides is 1. The predicted molar refractivity (Wildman–Crippen MR) is 101 cm³/mol. The van der Waals surface area contributed by atoms with E-state index in [9.17, 15) is 19.4 Å². The van der Waals surface area contributed by atoms with E-state index < -0.39 is 23.3 Å². The van der Waals surface area contributed by atoms with Gasteiger partial charge in [-0.3, -0.25) is 4.79 Å². The molecule has 1 aliphatic rings. The number of aliphatic hydroxyl groups is 1. The number of aromatic hydroxyl groups is 1. The second-order valence-electron chi connectivity index (χ2n) is 6.97. The maximum Gasteiger partial charge on any atom is 0.312 e. The molecule has 4 rings (SSSR count). The molecule has 0 fully saturated rings. The maximum absolute atomic E-state index is 14.6. The Morgan fingerprint density at radius 3 is 2.87 bits per heavy atom. The first-order chi connectivity index (χ1) is 14.2. The second-order valence-corrected chi connectivity index (χ2v) is 6.97. The lowest BCUT2D eigenvalue weighted by molar-refractivity contribution is 0.0995. The zero-order valence-electron chi connectivity index (χ0n) is 16.1. The van der Waals surface area contributed by atoms with E-state index in [0.29, 0.717) is 17.9 Å². The van der Waals surface area contributed by atoms with Crippen LogP contribution in [0.3, 0.4) is 0 Å².